The minimum atomic E-state index is -0.949. The van der Waals surface area contributed by atoms with E-state index in [0.717, 1.165) is 5.56 Å². The van der Waals surface area contributed by atoms with Crippen LogP contribution in [0.15, 0.2) is 12.4 Å². The second kappa shape index (κ2) is 6.08. The summed E-state index contributed by atoms with van der Waals surface area (Å²) in [4.78, 5) is 25.5. The summed E-state index contributed by atoms with van der Waals surface area (Å²) in [6.07, 6.45) is 3.48. The fourth-order valence-electron chi connectivity index (χ4n) is 2.97. The topological polar surface area (TPSA) is 84.7 Å². The average Bonchev–Trinajstić information content (AvgIpc) is 2.99. The molecule has 1 aliphatic rings. The van der Waals surface area contributed by atoms with Crippen LogP contribution in [0.2, 0.25) is 0 Å². The summed E-state index contributed by atoms with van der Waals surface area (Å²) in [5.41, 5.74) is 0.310. The summed E-state index contributed by atoms with van der Waals surface area (Å²) >= 11 is 0. The predicted octanol–water partition coefficient (Wildman–Crippen LogP) is 1.30. The van der Waals surface area contributed by atoms with Gasteiger partial charge < -0.3 is 14.7 Å². The van der Waals surface area contributed by atoms with E-state index in [4.69, 9.17) is 4.74 Å². The number of nitrogens with zero attached hydrogens (tertiary/aromatic N) is 3. The molecule has 0 aliphatic carbocycles. The molecule has 0 unspecified atom stereocenters. The van der Waals surface area contributed by atoms with Crippen LogP contribution in [0.1, 0.15) is 38.8 Å². The number of aliphatic carboxylic acids is 1. The lowest BCUT2D eigenvalue weighted by Gasteiger charge is -2.37. The molecule has 2 rings (SSSR count). The van der Waals surface area contributed by atoms with E-state index in [9.17, 15) is 14.7 Å². The Morgan fingerprint density at radius 1 is 1.50 bits per heavy atom. The number of aromatic nitrogens is 2. The first kappa shape index (κ1) is 16.5. The normalized spacial score (nSPS) is 22.4. The third-order valence-corrected chi connectivity index (χ3v) is 3.88. The van der Waals surface area contributed by atoms with Crippen molar-refractivity contribution in [2.45, 2.75) is 45.3 Å². The lowest BCUT2D eigenvalue weighted by atomic mass is 9.93. The highest BCUT2D eigenvalue weighted by molar-refractivity contribution is 5.87. The smallest absolute Gasteiger partial charge is 0.309 e. The number of rotatable bonds is 5. The van der Waals surface area contributed by atoms with E-state index in [1.54, 1.807) is 29.1 Å². The zero-order chi connectivity index (χ0) is 16.5. The van der Waals surface area contributed by atoms with Gasteiger partial charge in [0.15, 0.2) is 0 Å². The van der Waals surface area contributed by atoms with Crippen molar-refractivity contribution < 1.29 is 19.4 Å². The Bertz CT molecular complexity index is 561. The third kappa shape index (κ3) is 3.14. The lowest BCUT2D eigenvalue weighted by molar-refractivity contribution is -0.142. The summed E-state index contributed by atoms with van der Waals surface area (Å²) in [7, 11) is 1.61. The number of carboxylic acid groups (broad SMARTS) is 1. The molecular weight excluding hydrogens is 286 g/mol. The minimum Gasteiger partial charge on any atom is -0.481 e. The van der Waals surface area contributed by atoms with Crippen molar-refractivity contribution in [2.24, 2.45) is 5.92 Å². The molecule has 1 fully saturated rings. The van der Waals surface area contributed by atoms with Crippen LogP contribution in [0.4, 0.5) is 0 Å². The maximum atomic E-state index is 12.3. The second-order valence-corrected chi connectivity index (χ2v) is 6.56. The molecule has 0 saturated carbocycles. The van der Waals surface area contributed by atoms with Gasteiger partial charge in [0.2, 0.25) is 5.91 Å². The van der Waals surface area contributed by atoms with Crippen LogP contribution >= 0.6 is 0 Å². The molecule has 2 atom stereocenters. The quantitative estimate of drug-likeness (QED) is 0.886. The van der Waals surface area contributed by atoms with Gasteiger partial charge >= 0.3 is 5.97 Å². The maximum absolute atomic E-state index is 12.3. The predicted molar refractivity (Wildman–Crippen MR) is 79.2 cm³/mol. The summed E-state index contributed by atoms with van der Waals surface area (Å²) < 4.78 is 6.72. The van der Waals surface area contributed by atoms with Crippen molar-refractivity contribution >= 4 is 11.9 Å². The third-order valence-electron chi connectivity index (χ3n) is 3.88. The molecule has 0 spiro atoms. The number of carboxylic acids is 1. The first-order valence-corrected chi connectivity index (χ1v) is 7.32. The van der Waals surface area contributed by atoms with Crippen molar-refractivity contribution in [1.82, 2.24) is 14.7 Å². The van der Waals surface area contributed by atoms with Crippen LogP contribution in [0, 0.1) is 5.92 Å². The highest BCUT2D eigenvalue weighted by Crippen LogP contribution is 2.42. The van der Waals surface area contributed by atoms with E-state index in [1.807, 2.05) is 20.8 Å². The summed E-state index contributed by atoms with van der Waals surface area (Å²) in [5, 5.41) is 13.7. The Morgan fingerprint density at radius 2 is 2.18 bits per heavy atom. The molecule has 1 N–H and O–H groups in total. The van der Waals surface area contributed by atoms with Crippen molar-refractivity contribution in [3.8, 4) is 0 Å². The molecule has 22 heavy (non-hydrogen) atoms. The van der Waals surface area contributed by atoms with Gasteiger partial charge in [-0.25, -0.2) is 0 Å². The number of ether oxygens (including phenoxy) is 1. The van der Waals surface area contributed by atoms with Crippen LogP contribution in [0.5, 0.6) is 0 Å². The fourth-order valence-corrected chi connectivity index (χ4v) is 2.97. The molecule has 1 aromatic heterocycles. The number of amides is 1. The van der Waals surface area contributed by atoms with Crippen molar-refractivity contribution in [3.63, 3.8) is 0 Å². The van der Waals surface area contributed by atoms with Gasteiger partial charge in [-0.05, 0) is 20.8 Å². The van der Waals surface area contributed by atoms with E-state index >= 15 is 0 Å². The first-order valence-electron chi connectivity index (χ1n) is 7.32. The van der Waals surface area contributed by atoms with Gasteiger partial charge in [-0.1, -0.05) is 0 Å². The van der Waals surface area contributed by atoms with Crippen molar-refractivity contribution in [3.05, 3.63) is 18.0 Å². The van der Waals surface area contributed by atoms with E-state index in [0.29, 0.717) is 13.2 Å². The van der Waals surface area contributed by atoms with Gasteiger partial charge in [-0.2, -0.15) is 5.10 Å². The van der Waals surface area contributed by atoms with Gasteiger partial charge in [0.1, 0.15) is 0 Å². The molecule has 1 amide bonds. The Balaban J connectivity index is 2.35. The zero-order valence-electron chi connectivity index (χ0n) is 13.4. The number of methoxy groups -OCH3 is 1. The van der Waals surface area contributed by atoms with E-state index in [-0.39, 0.29) is 12.3 Å². The molecule has 0 radical (unpaired) electrons. The van der Waals surface area contributed by atoms with Crippen molar-refractivity contribution in [1.29, 1.82) is 0 Å². The van der Waals surface area contributed by atoms with Gasteiger partial charge in [-0.15, -0.1) is 0 Å². The number of hydrogen-bond donors (Lipinski definition) is 1. The second-order valence-electron chi connectivity index (χ2n) is 6.56. The Labute approximate surface area is 129 Å². The van der Waals surface area contributed by atoms with E-state index in [2.05, 4.69) is 5.10 Å². The first-order chi connectivity index (χ1) is 10.3. The van der Waals surface area contributed by atoms with Crippen LogP contribution in [-0.4, -0.2) is 50.9 Å². The molecule has 0 aromatic carbocycles. The molecular formula is C15H23N3O4. The SMILES string of the molecule is COCCn1cc([C@H]2[C@@H](C(=O)O)CC(=O)N2C(C)(C)C)cn1. The summed E-state index contributed by atoms with van der Waals surface area (Å²) in [6.45, 7) is 6.85. The Kier molecular flexibility index (Phi) is 4.55. The monoisotopic (exact) mass is 309 g/mol. The number of likely N-dealkylation sites (tertiary alicyclic amines) is 1. The van der Waals surface area contributed by atoms with Crippen LogP contribution in [-0.2, 0) is 20.9 Å². The highest BCUT2D eigenvalue weighted by atomic mass is 16.5. The lowest BCUT2D eigenvalue weighted by Crippen LogP contribution is -2.44. The largest absolute Gasteiger partial charge is 0.481 e. The Morgan fingerprint density at radius 3 is 2.73 bits per heavy atom. The molecule has 7 nitrogen and oxygen atoms in total. The Hall–Kier alpha value is -1.89. The number of carbonyl (C=O) groups is 2. The molecule has 2 heterocycles. The van der Waals surface area contributed by atoms with Crippen LogP contribution < -0.4 is 0 Å². The highest BCUT2D eigenvalue weighted by Gasteiger charge is 2.49. The molecule has 1 saturated heterocycles. The summed E-state index contributed by atoms with van der Waals surface area (Å²) in [6, 6.07) is -0.485. The van der Waals surface area contributed by atoms with E-state index < -0.39 is 23.5 Å². The average molecular weight is 309 g/mol. The minimum absolute atomic E-state index is 0.0283. The van der Waals surface area contributed by atoms with Gasteiger partial charge in [0, 0.05) is 30.8 Å². The molecule has 0 bridgehead atoms. The number of carbonyl (C=O) groups excluding carboxylic acids is 1. The van der Waals surface area contributed by atoms with Crippen molar-refractivity contribution in [2.75, 3.05) is 13.7 Å². The molecule has 1 aliphatic heterocycles. The van der Waals surface area contributed by atoms with Gasteiger partial charge in [0.25, 0.3) is 0 Å². The van der Waals surface area contributed by atoms with Gasteiger partial charge in [0.05, 0.1) is 31.3 Å². The zero-order valence-corrected chi connectivity index (χ0v) is 13.4. The van der Waals surface area contributed by atoms with Crippen LogP contribution in [0.3, 0.4) is 0 Å². The number of hydrogen-bond acceptors (Lipinski definition) is 4. The molecule has 7 heteroatoms. The summed E-state index contributed by atoms with van der Waals surface area (Å²) in [5.74, 6) is -1.82. The maximum Gasteiger partial charge on any atom is 0.309 e. The fraction of sp³-hybridized carbons (Fsp3) is 0.667. The molecule has 122 valence electrons. The molecule has 1 aromatic rings. The van der Waals surface area contributed by atoms with Crippen LogP contribution in [0.25, 0.3) is 0 Å². The standard InChI is InChI=1S/C15H23N3O4/c1-15(2,3)18-12(19)7-11(14(20)21)13(18)10-8-16-17(9-10)5-6-22-4/h8-9,11,13H,5-7H2,1-4H3,(H,20,21)/t11-,13-/m0/s1. The van der Waals surface area contributed by atoms with E-state index in [1.165, 1.54) is 0 Å². The van der Waals surface area contributed by atoms with Gasteiger partial charge in [-0.3, -0.25) is 14.3 Å².